The second kappa shape index (κ2) is 8.62. The number of ether oxygens (including phenoxy) is 1. The Morgan fingerprint density at radius 1 is 1.04 bits per heavy atom. The largest absolute Gasteiger partial charge is 0.497 e. The Morgan fingerprint density at radius 3 is 2.56 bits per heavy atom. The van der Waals surface area contributed by atoms with Crippen LogP contribution in [0.3, 0.4) is 0 Å². The molecule has 0 radical (unpaired) electrons. The Morgan fingerprint density at radius 2 is 1.81 bits per heavy atom. The van der Waals surface area contributed by atoms with Crippen LogP contribution in [0.15, 0.2) is 48.5 Å². The second-order valence-corrected chi connectivity index (χ2v) is 6.31. The van der Waals surface area contributed by atoms with Crippen molar-refractivity contribution in [1.82, 2.24) is 14.9 Å². The number of carbonyl (C=O) groups excluding carboxylic acids is 1. The highest BCUT2D eigenvalue weighted by Gasteiger charge is 2.14. The van der Waals surface area contributed by atoms with E-state index in [0.717, 1.165) is 41.0 Å². The molecular weight excluding hydrogens is 338 g/mol. The van der Waals surface area contributed by atoms with Gasteiger partial charge in [-0.1, -0.05) is 30.3 Å². The van der Waals surface area contributed by atoms with Crippen LogP contribution < -0.4 is 4.74 Å². The molecule has 0 bridgehead atoms. The number of carbonyl (C=O) groups is 1. The lowest BCUT2D eigenvalue weighted by atomic mass is 10.1. The number of fused-ring (bicyclic) bond motifs is 1. The van der Waals surface area contributed by atoms with Gasteiger partial charge in [-0.15, -0.1) is 0 Å². The minimum absolute atomic E-state index is 0.158. The van der Waals surface area contributed by atoms with E-state index in [4.69, 9.17) is 14.7 Å². The van der Waals surface area contributed by atoms with Crippen molar-refractivity contribution in [3.05, 3.63) is 54.2 Å². The van der Waals surface area contributed by atoms with Gasteiger partial charge in [-0.2, -0.15) is 0 Å². The van der Waals surface area contributed by atoms with Crippen LogP contribution in [0.1, 0.15) is 26.0 Å². The average Bonchev–Trinajstić information content (AvgIpc) is 2.72. The summed E-state index contributed by atoms with van der Waals surface area (Å²) >= 11 is 0. The minimum Gasteiger partial charge on any atom is -0.497 e. The van der Waals surface area contributed by atoms with Gasteiger partial charge in [0, 0.05) is 30.5 Å². The summed E-state index contributed by atoms with van der Waals surface area (Å²) in [7, 11) is 1.64. The van der Waals surface area contributed by atoms with E-state index in [1.807, 2.05) is 67.3 Å². The number of aryl methyl sites for hydroxylation is 1. The first kappa shape index (κ1) is 18.8. The van der Waals surface area contributed by atoms with Crippen molar-refractivity contribution in [2.45, 2.75) is 26.7 Å². The topological polar surface area (TPSA) is 55.3 Å². The monoisotopic (exact) mass is 363 g/mol. The third kappa shape index (κ3) is 4.25. The number of nitrogens with zero attached hydrogens (tertiary/aromatic N) is 3. The van der Waals surface area contributed by atoms with E-state index < -0.39 is 0 Å². The summed E-state index contributed by atoms with van der Waals surface area (Å²) in [5, 5.41) is 0.997. The summed E-state index contributed by atoms with van der Waals surface area (Å²) in [4.78, 5) is 23.8. The van der Waals surface area contributed by atoms with Gasteiger partial charge in [-0.3, -0.25) is 4.79 Å². The summed E-state index contributed by atoms with van der Waals surface area (Å²) in [6, 6.07) is 15.7. The molecule has 0 atom stereocenters. The van der Waals surface area contributed by atoms with Crippen LogP contribution in [0.4, 0.5) is 0 Å². The van der Waals surface area contributed by atoms with E-state index in [2.05, 4.69) is 0 Å². The molecule has 0 saturated carbocycles. The zero-order valence-corrected chi connectivity index (χ0v) is 16.1. The molecule has 0 aliphatic heterocycles. The molecule has 0 fully saturated rings. The molecule has 0 aliphatic rings. The van der Waals surface area contributed by atoms with Crippen LogP contribution in [-0.2, 0) is 11.2 Å². The van der Waals surface area contributed by atoms with Gasteiger partial charge < -0.3 is 9.64 Å². The van der Waals surface area contributed by atoms with Crippen molar-refractivity contribution < 1.29 is 9.53 Å². The van der Waals surface area contributed by atoms with Gasteiger partial charge in [0.25, 0.3) is 0 Å². The molecule has 0 saturated heterocycles. The fraction of sp³-hybridized carbons (Fsp3) is 0.318. The lowest BCUT2D eigenvalue weighted by Crippen LogP contribution is -2.30. The van der Waals surface area contributed by atoms with E-state index in [0.29, 0.717) is 18.7 Å². The number of methoxy groups -OCH3 is 1. The molecule has 1 amide bonds. The summed E-state index contributed by atoms with van der Waals surface area (Å²) in [6.45, 7) is 5.47. The number of hydrogen-bond acceptors (Lipinski definition) is 4. The molecule has 1 aromatic heterocycles. The Kier molecular flexibility index (Phi) is 6.01. The molecule has 5 heteroatoms. The molecule has 5 nitrogen and oxygen atoms in total. The van der Waals surface area contributed by atoms with E-state index in [9.17, 15) is 4.79 Å². The van der Waals surface area contributed by atoms with E-state index in [1.54, 1.807) is 7.11 Å². The zero-order chi connectivity index (χ0) is 19.2. The molecule has 0 aliphatic carbocycles. The number of para-hydroxylation sites is 1. The van der Waals surface area contributed by atoms with Crippen molar-refractivity contribution in [3.8, 4) is 17.1 Å². The number of amides is 1. The van der Waals surface area contributed by atoms with Crippen LogP contribution in [0.25, 0.3) is 22.3 Å². The Hall–Kier alpha value is -2.95. The van der Waals surface area contributed by atoms with Gasteiger partial charge in [-0.05, 0) is 38.5 Å². The molecule has 3 rings (SSSR count). The molecule has 140 valence electrons. The highest BCUT2D eigenvalue weighted by Crippen LogP contribution is 2.25. The van der Waals surface area contributed by atoms with Crippen LogP contribution in [-0.4, -0.2) is 41.0 Å². The maximum absolute atomic E-state index is 12.4. The van der Waals surface area contributed by atoms with Gasteiger partial charge in [0.1, 0.15) is 5.75 Å². The summed E-state index contributed by atoms with van der Waals surface area (Å²) in [5.74, 6) is 1.58. The van der Waals surface area contributed by atoms with Gasteiger partial charge in [-0.25, -0.2) is 9.97 Å². The molecule has 0 spiro atoms. The lowest BCUT2D eigenvalue weighted by molar-refractivity contribution is -0.130. The Bertz CT molecular complexity index is 936. The normalized spacial score (nSPS) is 10.8. The van der Waals surface area contributed by atoms with Crippen LogP contribution in [0, 0.1) is 0 Å². The number of aromatic nitrogens is 2. The third-order valence-corrected chi connectivity index (χ3v) is 4.70. The maximum atomic E-state index is 12.4. The molecule has 0 unspecified atom stereocenters. The van der Waals surface area contributed by atoms with Crippen LogP contribution in [0.2, 0.25) is 0 Å². The smallest absolute Gasteiger partial charge is 0.222 e. The summed E-state index contributed by atoms with van der Waals surface area (Å²) in [5.41, 5.74) is 2.69. The first-order valence-electron chi connectivity index (χ1n) is 9.34. The fourth-order valence-electron chi connectivity index (χ4n) is 3.18. The van der Waals surface area contributed by atoms with Gasteiger partial charge in [0.05, 0.1) is 18.3 Å². The number of benzene rings is 2. The second-order valence-electron chi connectivity index (χ2n) is 6.31. The summed E-state index contributed by atoms with van der Waals surface area (Å²) in [6.07, 6.45) is 1.04. The van der Waals surface area contributed by atoms with Crippen molar-refractivity contribution in [1.29, 1.82) is 0 Å². The molecular formula is C22H25N3O2. The van der Waals surface area contributed by atoms with E-state index in [-0.39, 0.29) is 5.91 Å². The first-order valence-corrected chi connectivity index (χ1v) is 9.34. The Balaban J connectivity index is 1.97. The highest BCUT2D eigenvalue weighted by molar-refractivity contribution is 5.84. The summed E-state index contributed by atoms with van der Waals surface area (Å²) < 4.78 is 5.32. The average molecular weight is 363 g/mol. The van der Waals surface area contributed by atoms with E-state index in [1.165, 1.54) is 0 Å². The fourth-order valence-corrected chi connectivity index (χ4v) is 3.18. The van der Waals surface area contributed by atoms with Crippen molar-refractivity contribution in [2.75, 3.05) is 20.2 Å². The molecule has 3 aromatic rings. The lowest BCUT2D eigenvalue weighted by Gasteiger charge is -2.18. The standard InChI is InChI=1S/C22H25N3O2/c1-4-25(5-2)21(26)14-13-20-18-11-6-7-12-19(18)23-22(24-20)16-9-8-10-17(15-16)27-3/h6-12,15H,4-5,13-14H2,1-3H3. The molecule has 2 aromatic carbocycles. The van der Waals surface area contributed by atoms with Crippen molar-refractivity contribution in [3.63, 3.8) is 0 Å². The predicted molar refractivity (Wildman–Crippen MR) is 108 cm³/mol. The third-order valence-electron chi connectivity index (χ3n) is 4.70. The Labute approximate surface area is 160 Å². The quantitative estimate of drug-likeness (QED) is 0.634. The SMILES string of the molecule is CCN(CC)C(=O)CCc1nc(-c2cccc(OC)c2)nc2ccccc12. The highest BCUT2D eigenvalue weighted by atomic mass is 16.5. The molecule has 1 heterocycles. The van der Waals surface area contributed by atoms with Gasteiger partial charge >= 0.3 is 0 Å². The van der Waals surface area contributed by atoms with Crippen molar-refractivity contribution in [2.24, 2.45) is 0 Å². The van der Waals surface area contributed by atoms with E-state index >= 15 is 0 Å². The first-order chi connectivity index (χ1) is 13.2. The predicted octanol–water partition coefficient (Wildman–Crippen LogP) is 4.11. The van der Waals surface area contributed by atoms with Crippen LogP contribution >= 0.6 is 0 Å². The maximum Gasteiger partial charge on any atom is 0.222 e. The number of hydrogen-bond donors (Lipinski definition) is 0. The zero-order valence-electron chi connectivity index (χ0n) is 16.1. The minimum atomic E-state index is 0.158. The van der Waals surface area contributed by atoms with Gasteiger partial charge in [0.2, 0.25) is 5.91 Å². The van der Waals surface area contributed by atoms with Gasteiger partial charge in [0.15, 0.2) is 5.82 Å². The molecule has 27 heavy (non-hydrogen) atoms. The van der Waals surface area contributed by atoms with Crippen LogP contribution in [0.5, 0.6) is 5.75 Å². The van der Waals surface area contributed by atoms with Crippen molar-refractivity contribution >= 4 is 16.8 Å². The molecule has 0 N–H and O–H groups in total. The number of rotatable bonds is 7.